The van der Waals surface area contributed by atoms with Gasteiger partial charge in [0, 0.05) is 18.2 Å². The fourth-order valence-corrected chi connectivity index (χ4v) is 4.29. The van der Waals surface area contributed by atoms with Crippen LogP contribution in [0, 0.1) is 22.5 Å². The third kappa shape index (κ3) is 4.69. The summed E-state index contributed by atoms with van der Waals surface area (Å²) >= 11 is 1.09. The van der Waals surface area contributed by atoms with Gasteiger partial charge in [0.1, 0.15) is 0 Å². The number of carbonyl (C=O) groups is 1. The fourth-order valence-electron chi connectivity index (χ4n) is 2.60. The summed E-state index contributed by atoms with van der Waals surface area (Å²) in [6, 6.07) is 10.1. The normalized spacial score (nSPS) is 12.3. The molecule has 2 aromatic carbocycles. The molecule has 0 aliphatic heterocycles. The number of sulfonamides is 1. The van der Waals surface area contributed by atoms with Crippen molar-refractivity contribution < 1.29 is 18.1 Å². The molecule has 3 aromatic rings. The van der Waals surface area contributed by atoms with Crippen LogP contribution in [0.25, 0.3) is 16.3 Å². The minimum absolute atomic E-state index is 0.0625. The highest BCUT2D eigenvalue weighted by molar-refractivity contribution is 7.89. The molecule has 0 aliphatic rings. The Labute approximate surface area is 175 Å². The molecule has 0 spiro atoms. The Morgan fingerprint density at radius 1 is 1.33 bits per heavy atom. The van der Waals surface area contributed by atoms with Gasteiger partial charge in [-0.05, 0) is 29.8 Å². The smallest absolute Gasteiger partial charge is 0.272 e. The van der Waals surface area contributed by atoms with Crippen molar-refractivity contribution >= 4 is 49.2 Å². The van der Waals surface area contributed by atoms with Gasteiger partial charge in [-0.25, -0.2) is 13.6 Å². The summed E-state index contributed by atoms with van der Waals surface area (Å²) in [5.41, 5.74) is 0.988. The molecule has 0 bridgehead atoms. The predicted octanol–water partition coefficient (Wildman–Crippen LogP) is 2.03. The van der Waals surface area contributed by atoms with Crippen LogP contribution < -0.4 is 9.94 Å². The Kier molecular flexibility index (Phi) is 5.93. The molecule has 1 amide bonds. The molecule has 0 saturated carbocycles. The molecule has 30 heavy (non-hydrogen) atoms. The van der Waals surface area contributed by atoms with E-state index in [1.54, 1.807) is 16.7 Å². The van der Waals surface area contributed by atoms with Gasteiger partial charge in [0.2, 0.25) is 10.0 Å². The van der Waals surface area contributed by atoms with E-state index in [1.165, 1.54) is 42.5 Å². The predicted molar refractivity (Wildman–Crippen MR) is 113 cm³/mol. The molecule has 11 heteroatoms. The molecule has 0 aliphatic carbocycles. The lowest BCUT2D eigenvalue weighted by Gasteiger charge is -2.01. The molecule has 1 aromatic heterocycles. The number of thiazole rings is 1. The van der Waals surface area contributed by atoms with E-state index in [9.17, 15) is 23.3 Å². The van der Waals surface area contributed by atoms with Crippen LogP contribution >= 0.6 is 11.3 Å². The van der Waals surface area contributed by atoms with Crippen molar-refractivity contribution in [2.75, 3.05) is 0 Å². The highest BCUT2D eigenvalue weighted by Gasteiger charge is 2.12. The van der Waals surface area contributed by atoms with Gasteiger partial charge in [0.05, 0.1) is 26.6 Å². The Balaban J connectivity index is 2.01. The van der Waals surface area contributed by atoms with Crippen molar-refractivity contribution in [3.05, 3.63) is 69.0 Å². The number of terminal acetylenes is 1. The maximum Gasteiger partial charge on any atom is 0.272 e. The van der Waals surface area contributed by atoms with Crippen LogP contribution in [-0.2, 0) is 21.4 Å². The van der Waals surface area contributed by atoms with Gasteiger partial charge in [0.25, 0.3) is 11.6 Å². The van der Waals surface area contributed by atoms with Crippen LogP contribution in [0.3, 0.4) is 0 Å². The molecule has 152 valence electrons. The van der Waals surface area contributed by atoms with Gasteiger partial charge >= 0.3 is 0 Å². The second-order valence-electron chi connectivity index (χ2n) is 5.98. The Hall–Kier alpha value is -3.59. The molecule has 0 fully saturated rings. The van der Waals surface area contributed by atoms with Crippen molar-refractivity contribution in [1.82, 2.24) is 4.57 Å². The second kappa shape index (κ2) is 8.42. The maximum atomic E-state index is 12.3. The number of hydrogen-bond acceptors (Lipinski definition) is 6. The number of hydrogen-bond donors (Lipinski definition) is 1. The first-order chi connectivity index (χ1) is 14.2. The largest absolute Gasteiger partial charge is 0.305 e. The monoisotopic (exact) mass is 442 g/mol. The van der Waals surface area contributed by atoms with Crippen LogP contribution in [0.5, 0.6) is 0 Å². The first-order valence-electron chi connectivity index (χ1n) is 8.30. The number of nitrogens with zero attached hydrogens (tertiary/aromatic N) is 3. The zero-order chi connectivity index (χ0) is 21.9. The number of aromatic nitrogens is 1. The van der Waals surface area contributed by atoms with Crippen molar-refractivity contribution in [1.29, 1.82) is 0 Å². The summed E-state index contributed by atoms with van der Waals surface area (Å²) in [5, 5.41) is 16.0. The van der Waals surface area contributed by atoms with Gasteiger partial charge in [-0.1, -0.05) is 29.4 Å². The lowest BCUT2D eigenvalue weighted by molar-refractivity contribution is -0.384. The lowest BCUT2D eigenvalue weighted by atomic mass is 10.2. The average molecular weight is 442 g/mol. The molecule has 0 saturated heterocycles. The fraction of sp³-hybridized carbons (Fsp3) is 0.0526. The lowest BCUT2D eigenvalue weighted by Crippen LogP contribution is -2.16. The Morgan fingerprint density at radius 3 is 2.77 bits per heavy atom. The van der Waals surface area contributed by atoms with E-state index in [2.05, 4.69) is 10.9 Å². The summed E-state index contributed by atoms with van der Waals surface area (Å²) in [5.74, 6) is 1.86. The number of rotatable bonds is 5. The standard InChI is InChI=1S/C19H14N4O5S2/c1-2-10-22-16-8-7-15(30(20,27)28)12-17(16)29-19(22)21-18(24)9-6-13-4-3-5-14(11-13)23(25)26/h1,3-9,11-12H,10H2,(H2,20,27,28). The number of nitrogens with two attached hydrogens (primary N) is 1. The number of amides is 1. The Bertz CT molecular complexity index is 1410. The second-order valence-corrected chi connectivity index (χ2v) is 8.56. The molecule has 0 radical (unpaired) electrons. The number of benzene rings is 2. The van der Waals surface area contributed by atoms with Gasteiger partial charge in [-0.3, -0.25) is 14.9 Å². The molecule has 1 heterocycles. The van der Waals surface area contributed by atoms with E-state index in [0.29, 0.717) is 15.8 Å². The summed E-state index contributed by atoms with van der Waals surface area (Å²) in [6.07, 6.45) is 8.00. The third-order valence-corrected chi connectivity index (χ3v) is 5.89. The van der Waals surface area contributed by atoms with Gasteiger partial charge in [0.15, 0.2) is 4.80 Å². The summed E-state index contributed by atoms with van der Waals surface area (Å²) < 4.78 is 25.3. The van der Waals surface area contributed by atoms with Gasteiger partial charge in [-0.2, -0.15) is 4.99 Å². The van der Waals surface area contributed by atoms with Crippen LogP contribution in [0.4, 0.5) is 5.69 Å². The zero-order valence-corrected chi connectivity index (χ0v) is 16.9. The molecule has 0 unspecified atom stereocenters. The van der Waals surface area contributed by atoms with Gasteiger partial charge in [-0.15, -0.1) is 6.42 Å². The Morgan fingerprint density at radius 2 is 2.10 bits per heavy atom. The molecule has 0 atom stereocenters. The van der Waals surface area contributed by atoms with Crippen molar-refractivity contribution in [2.24, 2.45) is 10.1 Å². The number of non-ortho nitro benzene ring substituents is 1. The summed E-state index contributed by atoms with van der Waals surface area (Å²) in [6.45, 7) is 0.120. The van der Waals surface area contributed by atoms with Crippen molar-refractivity contribution in [3.8, 4) is 12.3 Å². The minimum atomic E-state index is -3.88. The van der Waals surface area contributed by atoms with Crippen molar-refractivity contribution in [3.63, 3.8) is 0 Å². The summed E-state index contributed by atoms with van der Waals surface area (Å²) in [7, 11) is -3.88. The minimum Gasteiger partial charge on any atom is -0.305 e. The number of nitro groups is 1. The first-order valence-corrected chi connectivity index (χ1v) is 10.7. The highest BCUT2D eigenvalue weighted by Crippen LogP contribution is 2.21. The quantitative estimate of drug-likeness (QED) is 0.279. The molecule has 9 nitrogen and oxygen atoms in total. The molecular weight excluding hydrogens is 428 g/mol. The third-order valence-electron chi connectivity index (χ3n) is 3.94. The van der Waals surface area contributed by atoms with E-state index in [0.717, 1.165) is 11.3 Å². The van der Waals surface area contributed by atoms with E-state index in [-0.39, 0.29) is 21.9 Å². The number of fused-ring (bicyclic) bond motifs is 1. The highest BCUT2D eigenvalue weighted by atomic mass is 32.2. The van der Waals surface area contributed by atoms with E-state index >= 15 is 0 Å². The average Bonchev–Trinajstić information content (AvgIpc) is 3.02. The molecule has 3 rings (SSSR count). The van der Waals surface area contributed by atoms with E-state index in [1.807, 2.05) is 0 Å². The van der Waals surface area contributed by atoms with Gasteiger partial charge < -0.3 is 4.57 Å². The summed E-state index contributed by atoms with van der Waals surface area (Å²) in [4.78, 5) is 26.9. The molecular formula is C19H14N4O5S2. The van der Waals surface area contributed by atoms with Crippen LogP contribution in [0.2, 0.25) is 0 Å². The van der Waals surface area contributed by atoms with Crippen LogP contribution in [0.1, 0.15) is 5.56 Å². The van der Waals surface area contributed by atoms with E-state index in [4.69, 9.17) is 11.6 Å². The molecule has 2 N–H and O–H groups in total. The van der Waals surface area contributed by atoms with Crippen LogP contribution in [-0.4, -0.2) is 23.8 Å². The number of nitro benzene ring substituents is 1. The topological polar surface area (TPSA) is 138 Å². The zero-order valence-electron chi connectivity index (χ0n) is 15.3. The maximum absolute atomic E-state index is 12.3. The number of carbonyl (C=O) groups excluding carboxylic acids is 1. The SMILES string of the molecule is C#CCn1c(=NC(=O)C=Cc2cccc([N+](=O)[O-])c2)sc2cc(S(N)(=O)=O)ccc21. The van der Waals surface area contributed by atoms with Crippen molar-refractivity contribution in [2.45, 2.75) is 11.4 Å². The first kappa shape index (κ1) is 21.1. The van der Waals surface area contributed by atoms with E-state index < -0.39 is 20.9 Å². The number of primary sulfonamides is 1. The van der Waals surface area contributed by atoms with Crippen LogP contribution in [0.15, 0.2) is 58.4 Å².